The van der Waals surface area contributed by atoms with E-state index in [2.05, 4.69) is 20.8 Å². The van der Waals surface area contributed by atoms with Gasteiger partial charge in [0.25, 0.3) is 0 Å². The van der Waals surface area contributed by atoms with Crippen LogP contribution in [0.2, 0.25) is 0 Å². The standard InChI is InChI=1S/C8H15ClOS/c1-4-7(6(2)3)11-5-8(9)10/h6-7H,4-5H2,1-3H3/t7-/m1/s1. The van der Waals surface area contributed by atoms with Crippen LogP contribution in [0.3, 0.4) is 0 Å². The normalized spacial score (nSPS) is 13.5. The summed E-state index contributed by atoms with van der Waals surface area (Å²) in [4.78, 5) is 10.4. The Morgan fingerprint density at radius 1 is 1.55 bits per heavy atom. The first kappa shape index (κ1) is 11.3. The molecule has 0 aromatic carbocycles. The van der Waals surface area contributed by atoms with Gasteiger partial charge in [-0.2, -0.15) is 0 Å². The van der Waals surface area contributed by atoms with E-state index >= 15 is 0 Å². The van der Waals surface area contributed by atoms with Crippen LogP contribution in [0.5, 0.6) is 0 Å². The topological polar surface area (TPSA) is 17.1 Å². The Morgan fingerprint density at radius 3 is 2.36 bits per heavy atom. The molecule has 66 valence electrons. The van der Waals surface area contributed by atoms with Gasteiger partial charge in [0, 0.05) is 5.25 Å². The zero-order valence-electron chi connectivity index (χ0n) is 7.26. The predicted molar refractivity (Wildman–Crippen MR) is 52.2 cm³/mol. The van der Waals surface area contributed by atoms with E-state index in [-0.39, 0.29) is 5.24 Å². The first-order chi connectivity index (χ1) is 5.07. The van der Waals surface area contributed by atoms with Gasteiger partial charge >= 0.3 is 0 Å². The van der Waals surface area contributed by atoms with E-state index in [1.54, 1.807) is 11.8 Å². The van der Waals surface area contributed by atoms with Gasteiger partial charge in [0.2, 0.25) is 5.24 Å². The fourth-order valence-corrected chi connectivity index (χ4v) is 2.11. The summed E-state index contributed by atoms with van der Waals surface area (Å²) in [5.41, 5.74) is 0. The highest BCUT2D eigenvalue weighted by Crippen LogP contribution is 2.22. The Kier molecular flexibility index (Phi) is 6.06. The zero-order valence-corrected chi connectivity index (χ0v) is 8.84. The van der Waals surface area contributed by atoms with Crippen LogP contribution < -0.4 is 0 Å². The molecule has 0 aliphatic carbocycles. The van der Waals surface area contributed by atoms with Crippen molar-refractivity contribution in [1.82, 2.24) is 0 Å². The second-order valence-corrected chi connectivity index (χ2v) is 4.51. The van der Waals surface area contributed by atoms with Crippen molar-refractivity contribution in [2.24, 2.45) is 5.92 Å². The third kappa shape index (κ3) is 5.57. The summed E-state index contributed by atoms with van der Waals surface area (Å²) in [5, 5.41) is 0.326. The van der Waals surface area contributed by atoms with E-state index < -0.39 is 0 Å². The maximum atomic E-state index is 10.4. The minimum absolute atomic E-state index is 0.242. The second-order valence-electron chi connectivity index (χ2n) is 2.86. The van der Waals surface area contributed by atoms with Crippen molar-refractivity contribution in [1.29, 1.82) is 0 Å². The van der Waals surface area contributed by atoms with Crippen molar-refractivity contribution in [2.45, 2.75) is 32.4 Å². The van der Waals surface area contributed by atoms with Gasteiger partial charge in [0.15, 0.2) is 0 Å². The number of hydrogen-bond acceptors (Lipinski definition) is 2. The molecule has 0 unspecified atom stereocenters. The summed E-state index contributed by atoms with van der Waals surface area (Å²) in [6.07, 6.45) is 1.10. The highest BCUT2D eigenvalue weighted by Gasteiger charge is 2.12. The molecule has 1 atom stereocenters. The molecular weight excluding hydrogens is 180 g/mol. The van der Waals surface area contributed by atoms with Crippen molar-refractivity contribution in [3.8, 4) is 0 Å². The van der Waals surface area contributed by atoms with Gasteiger partial charge in [-0.25, -0.2) is 0 Å². The average molecular weight is 195 g/mol. The molecule has 0 heterocycles. The van der Waals surface area contributed by atoms with E-state index in [4.69, 9.17) is 11.6 Å². The van der Waals surface area contributed by atoms with Crippen LogP contribution in [0.4, 0.5) is 0 Å². The quantitative estimate of drug-likeness (QED) is 0.627. The van der Waals surface area contributed by atoms with Crippen LogP contribution in [0.15, 0.2) is 0 Å². The van der Waals surface area contributed by atoms with E-state index in [0.717, 1.165) is 6.42 Å². The second kappa shape index (κ2) is 5.90. The maximum absolute atomic E-state index is 10.4. The average Bonchev–Trinajstić information content (AvgIpc) is 1.87. The number of thioether (sulfide) groups is 1. The first-order valence-corrected chi connectivity index (χ1v) is 5.30. The largest absolute Gasteiger partial charge is 0.280 e. The minimum atomic E-state index is -0.242. The Hall–Kier alpha value is 0.310. The predicted octanol–water partition coefficient (Wildman–Crippen LogP) is 2.92. The molecule has 11 heavy (non-hydrogen) atoms. The Morgan fingerprint density at radius 2 is 2.09 bits per heavy atom. The molecule has 0 bridgehead atoms. The van der Waals surface area contributed by atoms with Crippen LogP contribution >= 0.6 is 23.4 Å². The smallest absolute Gasteiger partial charge is 0.231 e. The van der Waals surface area contributed by atoms with Crippen LogP contribution in [-0.2, 0) is 4.79 Å². The zero-order chi connectivity index (χ0) is 8.85. The van der Waals surface area contributed by atoms with E-state index in [0.29, 0.717) is 16.9 Å². The van der Waals surface area contributed by atoms with Crippen molar-refractivity contribution >= 4 is 28.6 Å². The van der Waals surface area contributed by atoms with E-state index in [9.17, 15) is 4.79 Å². The lowest BCUT2D eigenvalue weighted by molar-refractivity contribution is -0.109. The summed E-state index contributed by atoms with van der Waals surface area (Å²) in [7, 11) is 0. The molecule has 0 rings (SSSR count). The molecule has 0 N–H and O–H groups in total. The first-order valence-electron chi connectivity index (χ1n) is 3.87. The summed E-state index contributed by atoms with van der Waals surface area (Å²) >= 11 is 6.88. The number of carbonyl (C=O) groups is 1. The van der Waals surface area contributed by atoms with Crippen LogP contribution in [0.25, 0.3) is 0 Å². The molecule has 3 heteroatoms. The van der Waals surface area contributed by atoms with Gasteiger partial charge in [-0.05, 0) is 23.9 Å². The van der Waals surface area contributed by atoms with Crippen molar-refractivity contribution < 1.29 is 4.79 Å². The maximum Gasteiger partial charge on any atom is 0.231 e. The summed E-state index contributed by atoms with van der Waals surface area (Å²) in [6.45, 7) is 6.47. The van der Waals surface area contributed by atoms with E-state index in [1.807, 2.05) is 0 Å². The number of carbonyl (C=O) groups excluding carboxylic acids is 1. The molecule has 0 aliphatic rings. The molecule has 1 nitrogen and oxygen atoms in total. The minimum Gasteiger partial charge on any atom is -0.280 e. The van der Waals surface area contributed by atoms with Gasteiger partial charge in [0.05, 0.1) is 5.75 Å². The van der Waals surface area contributed by atoms with Crippen molar-refractivity contribution in [3.05, 3.63) is 0 Å². The summed E-state index contributed by atoms with van der Waals surface area (Å²) in [6, 6.07) is 0. The van der Waals surface area contributed by atoms with Gasteiger partial charge in [-0.3, -0.25) is 4.79 Å². The highest BCUT2D eigenvalue weighted by atomic mass is 35.5. The summed E-state index contributed by atoms with van der Waals surface area (Å²) in [5.74, 6) is 1.07. The van der Waals surface area contributed by atoms with Crippen LogP contribution in [0.1, 0.15) is 27.2 Å². The Labute approximate surface area is 77.9 Å². The number of halogens is 1. The van der Waals surface area contributed by atoms with Gasteiger partial charge in [0.1, 0.15) is 0 Å². The van der Waals surface area contributed by atoms with Gasteiger partial charge in [-0.15, -0.1) is 11.8 Å². The summed E-state index contributed by atoms with van der Waals surface area (Å²) < 4.78 is 0. The monoisotopic (exact) mass is 194 g/mol. The lowest BCUT2D eigenvalue weighted by Gasteiger charge is -2.16. The molecule has 0 fully saturated rings. The number of hydrogen-bond donors (Lipinski definition) is 0. The van der Waals surface area contributed by atoms with Gasteiger partial charge in [-0.1, -0.05) is 20.8 Å². The van der Waals surface area contributed by atoms with Crippen LogP contribution in [0, 0.1) is 5.92 Å². The fraction of sp³-hybridized carbons (Fsp3) is 0.875. The Bertz CT molecular complexity index is 125. The highest BCUT2D eigenvalue weighted by molar-refractivity contribution is 8.00. The molecule has 0 aliphatic heterocycles. The van der Waals surface area contributed by atoms with E-state index in [1.165, 1.54) is 0 Å². The lowest BCUT2D eigenvalue weighted by atomic mass is 10.1. The molecule has 0 saturated heterocycles. The molecule has 0 aromatic rings. The number of rotatable bonds is 5. The molecule has 0 spiro atoms. The third-order valence-electron chi connectivity index (χ3n) is 1.56. The third-order valence-corrected chi connectivity index (χ3v) is 3.58. The Balaban J connectivity index is 3.61. The van der Waals surface area contributed by atoms with Crippen LogP contribution in [-0.4, -0.2) is 16.2 Å². The van der Waals surface area contributed by atoms with Gasteiger partial charge < -0.3 is 0 Å². The molecule has 0 aromatic heterocycles. The fourth-order valence-electron chi connectivity index (χ4n) is 0.954. The SMILES string of the molecule is CC[C@@H](SCC(=O)Cl)C(C)C. The molecule has 0 saturated carbocycles. The molecule has 0 radical (unpaired) electrons. The van der Waals surface area contributed by atoms with Crippen molar-refractivity contribution in [2.75, 3.05) is 5.75 Å². The molecule has 0 amide bonds. The van der Waals surface area contributed by atoms with Crippen molar-refractivity contribution in [3.63, 3.8) is 0 Å². The lowest BCUT2D eigenvalue weighted by Crippen LogP contribution is -2.11. The molecular formula is C8H15ClOS.